The van der Waals surface area contributed by atoms with Crippen LogP contribution in [0.3, 0.4) is 0 Å². The smallest absolute Gasteiger partial charge is 0.302 e. The first-order chi connectivity index (χ1) is 5.18. The lowest BCUT2D eigenvalue weighted by Crippen LogP contribution is -2.37. The number of nitrogens with zero attached hydrogens (tertiary/aromatic N) is 1. The van der Waals surface area contributed by atoms with Gasteiger partial charge in [0.2, 0.25) is 0 Å². The van der Waals surface area contributed by atoms with E-state index in [1.807, 2.05) is 0 Å². The maximum absolute atomic E-state index is 10.6. The minimum Gasteiger partial charge on any atom is -0.762 e. The van der Waals surface area contributed by atoms with Crippen molar-refractivity contribution in [3.8, 4) is 0 Å². The minimum absolute atomic E-state index is 0.111. The zero-order valence-corrected chi connectivity index (χ0v) is 6.28. The Labute approximate surface area is 64.4 Å². The second-order valence-electron chi connectivity index (χ2n) is 2.37. The largest absolute Gasteiger partial charge is 0.762 e. The van der Waals surface area contributed by atoms with E-state index in [-0.39, 0.29) is 18.6 Å². The van der Waals surface area contributed by atoms with Gasteiger partial charge in [0.15, 0.2) is 0 Å². The zero-order valence-electron chi connectivity index (χ0n) is 6.28. The summed E-state index contributed by atoms with van der Waals surface area (Å²) in [5.74, 6) is -0.356. The zero-order chi connectivity index (χ0) is 8.27. The molecule has 0 spiro atoms. The van der Waals surface area contributed by atoms with Crippen molar-refractivity contribution in [2.75, 3.05) is 13.2 Å². The van der Waals surface area contributed by atoms with E-state index in [9.17, 15) is 10.0 Å². The molecule has 1 unspecified atom stereocenters. The molecule has 1 heterocycles. The highest BCUT2D eigenvalue weighted by Gasteiger charge is 2.17. The molecule has 0 aromatic carbocycles. The van der Waals surface area contributed by atoms with Crippen molar-refractivity contribution < 1.29 is 14.4 Å². The topological polar surface area (TPSA) is 61.8 Å². The van der Waals surface area contributed by atoms with Crippen LogP contribution >= 0.6 is 0 Å². The summed E-state index contributed by atoms with van der Waals surface area (Å²) in [6, 6.07) is 0. The molecule has 0 N–H and O–H groups in total. The molecular weight excluding hydrogens is 150 g/mol. The predicted molar refractivity (Wildman–Crippen MR) is 36.2 cm³/mol. The van der Waals surface area contributed by atoms with Crippen LogP contribution in [0, 0.1) is 5.21 Å². The van der Waals surface area contributed by atoms with Gasteiger partial charge >= 0.3 is 5.97 Å². The van der Waals surface area contributed by atoms with Crippen LogP contribution in [0.25, 0.3) is 0 Å². The molecule has 1 fully saturated rings. The van der Waals surface area contributed by atoms with Gasteiger partial charge in [-0.3, -0.25) is 10.0 Å². The molecule has 11 heavy (non-hydrogen) atoms. The second kappa shape index (κ2) is 3.66. The summed E-state index contributed by atoms with van der Waals surface area (Å²) in [5.41, 5.74) is 0. The Balaban J connectivity index is 2.28. The first-order valence-electron chi connectivity index (χ1n) is 3.43. The Morgan fingerprint density at radius 3 is 3.09 bits per heavy atom. The fourth-order valence-corrected chi connectivity index (χ4v) is 0.927. The Morgan fingerprint density at radius 1 is 1.82 bits per heavy atom. The number of ether oxygens (including phenoxy) is 1. The van der Waals surface area contributed by atoms with Gasteiger partial charge < -0.3 is 14.8 Å². The summed E-state index contributed by atoms with van der Waals surface area (Å²) in [5, 5.41) is 11.0. The van der Waals surface area contributed by atoms with E-state index in [0.717, 1.165) is 0 Å². The predicted octanol–water partition coefficient (Wildman–Crippen LogP) is 0.0532. The fourth-order valence-electron chi connectivity index (χ4n) is 0.927. The molecule has 0 bridgehead atoms. The molecule has 1 aliphatic rings. The van der Waals surface area contributed by atoms with Crippen LogP contribution in [0.4, 0.5) is 0 Å². The number of carbonyl (C=O) groups is 1. The van der Waals surface area contributed by atoms with Gasteiger partial charge in [-0.2, -0.15) is 0 Å². The Morgan fingerprint density at radius 2 is 2.55 bits per heavy atom. The minimum atomic E-state index is -0.356. The average molecular weight is 160 g/mol. The molecule has 1 saturated heterocycles. The van der Waals surface area contributed by atoms with Crippen molar-refractivity contribution in [1.82, 2.24) is 5.23 Å². The van der Waals surface area contributed by atoms with Crippen molar-refractivity contribution in [3.63, 3.8) is 0 Å². The van der Waals surface area contributed by atoms with Gasteiger partial charge in [-0.05, 0) is 0 Å². The second-order valence-corrected chi connectivity index (χ2v) is 2.37. The first-order valence-corrected chi connectivity index (χ1v) is 3.43. The van der Waals surface area contributed by atoms with E-state index >= 15 is 0 Å². The summed E-state index contributed by atoms with van der Waals surface area (Å²) in [7, 11) is 0. The quantitative estimate of drug-likeness (QED) is 0.507. The summed E-state index contributed by atoms with van der Waals surface area (Å²) < 4.78 is 4.80. The summed E-state index contributed by atoms with van der Waals surface area (Å²) in [6.45, 7) is 1.76. The Hall–Kier alpha value is -0.650. The standard InChI is InChI=1S/C6H10NO4/c1-5(8)11-6-2-3-10-7(9)4-6/h6H,2-4H2,1H3/q-1. The van der Waals surface area contributed by atoms with Crippen molar-refractivity contribution in [1.29, 1.82) is 0 Å². The van der Waals surface area contributed by atoms with Gasteiger partial charge in [-0.15, -0.1) is 0 Å². The van der Waals surface area contributed by atoms with Crippen molar-refractivity contribution in [2.45, 2.75) is 19.4 Å². The third-order valence-corrected chi connectivity index (χ3v) is 1.36. The third kappa shape index (κ3) is 2.83. The van der Waals surface area contributed by atoms with Gasteiger partial charge in [0.1, 0.15) is 6.10 Å². The summed E-state index contributed by atoms with van der Waals surface area (Å²) in [4.78, 5) is 15.0. The van der Waals surface area contributed by atoms with Gasteiger partial charge in [0.05, 0.1) is 6.61 Å². The van der Waals surface area contributed by atoms with Gasteiger partial charge in [0.25, 0.3) is 0 Å². The molecule has 1 aliphatic heterocycles. The third-order valence-electron chi connectivity index (χ3n) is 1.36. The Bertz CT molecular complexity index is 150. The molecule has 0 amide bonds. The molecule has 0 radical (unpaired) electrons. The van der Waals surface area contributed by atoms with Crippen LogP contribution < -0.4 is 0 Å². The van der Waals surface area contributed by atoms with E-state index < -0.39 is 0 Å². The number of hydrogen-bond donors (Lipinski definition) is 0. The number of esters is 1. The molecule has 5 heteroatoms. The molecular formula is C6H10NO4-. The number of carbonyl (C=O) groups excluding carboxylic acids is 1. The molecule has 0 aromatic heterocycles. The van der Waals surface area contributed by atoms with Gasteiger partial charge in [0, 0.05) is 19.9 Å². The number of hydrogen-bond acceptors (Lipinski definition) is 5. The lowest BCUT2D eigenvalue weighted by atomic mass is 10.2. The molecule has 64 valence electrons. The highest BCUT2D eigenvalue weighted by Crippen LogP contribution is 2.08. The van der Waals surface area contributed by atoms with Crippen LogP contribution in [0.15, 0.2) is 0 Å². The van der Waals surface area contributed by atoms with E-state index in [1.54, 1.807) is 0 Å². The van der Waals surface area contributed by atoms with Crippen LogP contribution in [-0.2, 0) is 14.4 Å². The van der Waals surface area contributed by atoms with E-state index in [4.69, 9.17) is 4.74 Å². The molecule has 0 saturated carbocycles. The molecule has 5 nitrogen and oxygen atoms in total. The van der Waals surface area contributed by atoms with E-state index in [2.05, 4.69) is 4.84 Å². The molecule has 0 aliphatic carbocycles. The monoisotopic (exact) mass is 160 g/mol. The first kappa shape index (κ1) is 8.45. The number of rotatable bonds is 1. The normalized spacial score (nSPS) is 26.5. The van der Waals surface area contributed by atoms with Crippen molar-refractivity contribution in [3.05, 3.63) is 5.21 Å². The van der Waals surface area contributed by atoms with Crippen LogP contribution in [0.2, 0.25) is 0 Å². The fraction of sp³-hybridized carbons (Fsp3) is 0.833. The lowest BCUT2D eigenvalue weighted by Gasteiger charge is -2.35. The summed E-state index contributed by atoms with van der Waals surface area (Å²) >= 11 is 0. The van der Waals surface area contributed by atoms with Crippen LogP contribution in [0.1, 0.15) is 13.3 Å². The highest BCUT2D eigenvalue weighted by molar-refractivity contribution is 5.66. The van der Waals surface area contributed by atoms with Gasteiger partial charge in [-0.1, -0.05) is 0 Å². The van der Waals surface area contributed by atoms with E-state index in [0.29, 0.717) is 18.3 Å². The lowest BCUT2D eigenvalue weighted by molar-refractivity contribution is -0.188. The molecule has 1 atom stereocenters. The maximum Gasteiger partial charge on any atom is 0.302 e. The van der Waals surface area contributed by atoms with Gasteiger partial charge in [-0.25, -0.2) is 0 Å². The van der Waals surface area contributed by atoms with E-state index in [1.165, 1.54) is 6.92 Å². The maximum atomic E-state index is 10.6. The highest BCUT2D eigenvalue weighted by atomic mass is 16.9. The van der Waals surface area contributed by atoms with Crippen LogP contribution in [-0.4, -0.2) is 30.5 Å². The van der Waals surface area contributed by atoms with Crippen molar-refractivity contribution >= 4 is 5.97 Å². The molecule has 1 rings (SSSR count). The summed E-state index contributed by atoms with van der Waals surface area (Å²) in [6.07, 6.45) is 0.289. The SMILES string of the molecule is CC(=O)OC1CCON([O-])C1. The van der Waals surface area contributed by atoms with Crippen molar-refractivity contribution in [2.24, 2.45) is 0 Å². The van der Waals surface area contributed by atoms with Crippen LogP contribution in [0.5, 0.6) is 0 Å². The Kier molecular flexibility index (Phi) is 2.81. The molecule has 0 aromatic rings. The average Bonchev–Trinajstić information content (AvgIpc) is 1.85. The number of hydroxylamine groups is 2.